The number of hydrogen-bond donors (Lipinski definition) is 0. The van der Waals surface area contributed by atoms with E-state index in [1.807, 2.05) is 0 Å². The Hall–Kier alpha value is -0.260. The van der Waals surface area contributed by atoms with Crippen molar-refractivity contribution in [3.63, 3.8) is 0 Å². The summed E-state index contributed by atoms with van der Waals surface area (Å²) in [5.74, 6) is 0.934. The van der Waals surface area contributed by atoms with E-state index in [0.717, 1.165) is 5.92 Å². The summed E-state index contributed by atoms with van der Waals surface area (Å²) in [6.45, 7) is 6.73. The van der Waals surface area contributed by atoms with Crippen LogP contribution in [0, 0.1) is 11.3 Å². The van der Waals surface area contributed by atoms with Crippen LogP contribution in [0.25, 0.3) is 0 Å². The van der Waals surface area contributed by atoms with Gasteiger partial charge in [0.25, 0.3) is 0 Å². The van der Waals surface area contributed by atoms with Gasteiger partial charge in [-0.2, -0.15) is 0 Å². The van der Waals surface area contributed by atoms with Crippen molar-refractivity contribution in [2.45, 2.75) is 33.6 Å². The van der Waals surface area contributed by atoms with Crippen molar-refractivity contribution in [3.8, 4) is 0 Å². The molecule has 0 heteroatoms. The first-order valence-electron chi connectivity index (χ1n) is 3.77. The van der Waals surface area contributed by atoms with Gasteiger partial charge in [-0.1, -0.05) is 32.9 Å². The second-order valence-electron chi connectivity index (χ2n) is 4.06. The zero-order valence-electron chi connectivity index (χ0n) is 6.65. The smallest absolute Gasteiger partial charge is 0.0203 e. The number of rotatable bonds is 1. The first-order valence-corrected chi connectivity index (χ1v) is 3.77. The molecule has 1 aliphatic carbocycles. The van der Waals surface area contributed by atoms with Crippen LogP contribution in [-0.2, 0) is 0 Å². The van der Waals surface area contributed by atoms with Crippen LogP contribution in [0.5, 0.6) is 0 Å². The van der Waals surface area contributed by atoms with Crippen LogP contribution in [0.4, 0.5) is 0 Å². The highest BCUT2D eigenvalue weighted by atomic mass is 14.2. The molecule has 0 nitrogen and oxygen atoms in total. The molecule has 0 saturated heterocycles. The Morgan fingerprint density at radius 1 is 1.22 bits per heavy atom. The fourth-order valence-corrected chi connectivity index (χ4v) is 0.713. The molecule has 1 rings (SSSR count). The summed E-state index contributed by atoms with van der Waals surface area (Å²) in [6, 6.07) is 0. The quantitative estimate of drug-likeness (QED) is 0.471. The Morgan fingerprint density at radius 2 is 1.78 bits per heavy atom. The lowest BCUT2D eigenvalue weighted by Gasteiger charge is -2.10. The molecule has 0 heterocycles. The van der Waals surface area contributed by atoms with Gasteiger partial charge < -0.3 is 0 Å². The molecule has 0 unspecified atom stereocenters. The van der Waals surface area contributed by atoms with Gasteiger partial charge in [0.1, 0.15) is 0 Å². The molecule has 1 fully saturated rings. The average Bonchev–Trinajstić information content (AvgIpc) is 2.38. The Kier molecular flexibility index (Phi) is 1.65. The lowest BCUT2D eigenvalue weighted by atomic mass is 9.96. The molecule has 0 radical (unpaired) electrons. The Morgan fingerprint density at radius 3 is 2.11 bits per heavy atom. The third-order valence-electron chi connectivity index (χ3n) is 1.49. The zero-order chi connectivity index (χ0) is 6.91. The molecule has 0 aromatic rings. The van der Waals surface area contributed by atoms with Crippen LogP contribution in [0.2, 0.25) is 0 Å². The van der Waals surface area contributed by atoms with Crippen molar-refractivity contribution in [3.05, 3.63) is 12.2 Å². The Balaban J connectivity index is 2.29. The van der Waals surface area contributed by atoms with Gasteiger partial charge in [-0.15, -0.1) is 0 Å². The molecule has 0 atom stereocenters. The highest BCUT2D eigenvalue weighted by Gasteiger charge is 2.18. The van der Waals surface area contributed by atoms with Crippen molar-refractivity contribution >= 4 is 0 Å². The minimum absolute atomic E-state index is 0.391. The van der Waals surface area contributed by atoms with Crippen molar-refractivity contribution in [2.24, 2.45) is 11.3 Å². The van der Waals surface area contributed by atoms with Crippen molar-refractivity contribution < 1.29 is 0 Å². The Labute approximate surface area is 58.0 Å². The second-order valence-corrected chi connectivity index (χ2v) is 4.06. The molecular weight excluding hydrogens is 108 g/mol. The van der Waals surface area contributed by atoms with Crippen LogP contribution in [0.15, 0.2) is 12.2 Å². The molecule has 0 aromatic heterocycles. The van der Waals surface area contributed by atoms with Crippen LogP contribution in [0.1, 0.15) is 33.6 Å². The third-order valence-corrected chi connectivity index (χ3v) is 1.49. The maximum Gasteiger partial charge on any atom is -0.0203 e. The van der Waals surface area contributed by atoms with Gasteiger partial charge in [-0.25, -0.2) is 0 Å². The summed E-state index contributed by atoms with van der Waals surface area (Å²) in [6.07, 6.45) is 7.53. The largest absolute Gasteiger partial charge is 0.0849 e. The van der Waals surface area contributed by atoms with Crippen LogP contribution in [-0.4, -0.2) is 0 Å². The molecular formula is C9H16. The first kappa shape index (κ1) is 6.85. The lowest BCUT2D eigenvalue weighted by molar-refractivity contribution is 0.541. The monoisotopic (exact) mass is 124 g/mol. The van der Waals surface area contributed by atoms with E-state index < -0.39 is 0 Å². The van der Waals surface area contributed by atoms with Crippen molar-refractivity contribution in [2.75, 3.05) is 0 Å². The number of allylic oxidation sites excluding steroid dienone is 2. The first-order chi connectivity index (χ1) is 4.08. The number of hydrogen-bond acceptors (Lipinski definition) is 0. The topological polar surface area (TPSA) is 0 Å². The summed E-state index contributed by atoms with van der Waals surface area (Å²) in [4.78, 5) is 0. The minimum atomic E-state index is 0.391. The van der Waals surface area contributed by atoms with Gasteiger partial charge >= 0.3 is 0 Å². The normalized spacial score (nSPS) is 21.2. The van der Waals surface area contributed by atoms with Gasteiger partial charge in [0.05, 0.1) is 0 Å². The van der Waals surface area contributed by atoms with E-state index in [4.69, 9.17) is 0 Å². The highest BCUT2D eigenvalue weighted by molar-refractivity contribution is 5.00. The SMILES string of the molecule is CC(C)(C)C=CC1CC1. The molecule has 0 bridgehead atoms. The van der Waals surface area contributed by atoms with Crippen molar-refractivity contribution in [1.82, 2.24) is 0 Å². The summed E-state index contributed by atoms with van der Waals surface area (Å²) in [7, 11) is 0. The molecule has 0 aliphatic heterocycles. The van der Waals surface area contributed by atoms with Gasteiger partial charge in [-0.3, -0.25) is 0 Å². The van der Waals surface area contributed by atoms with E-state index in [9.17, 15) is 0 Å². The maximum atomic E-state index is 2.36. The van der Waals surface area contributed by atoms with Crippen LogP contribution in [0.3, 0.4) is 0 Å². The zero-order valence-corrected chi connectivity index (χ0v) is 6.65. The Bertz CT molecular complexity index is 110. The fraction of sp³-hybridized carbons (Fsp3) is 0.778. The lowest BCUT2D eigenvalue weighted by Crippen LogP contribution is -1.98. The molecule has 0 spiro atoms. The predicted molar refractivity (Wildman–Crippen MR) is 41.3 cm³/mol. The molecule has 0 amide bonds. The van der Waals surface area contributed by atoms with Crippen LogP contribution < -0.4 is 0 Å². The van der Waals surface area contributed by atoms with Gasteiger partial charge in [0.15, 0.2) is 0 Å². The molecule has 1 aliphatic rings. The molecule has 1 saturated carbocycles. The van der Waals surface area contributed by atoms with E-state index in [1.54, 1.807) is 0 Å². The molecule has 9 heavy (non-hydrogen) atoms. The van der Waals surface area contributed by atoms with E-state index in [1.165, 1.54) is 12.8 Å². The third kappa shape index (κ3) is 3.34. The highest BCUT2D eigenvalue weighted by Crippen LogP contribution is 2.31. The summed E-state index contributed by atoms with van der Waals surface area (Å²) < 4.78 is 0. The second kappa shape index (κ2) is 2.17. The predicted octanol–water partition coefficient (Wildman–Crippen LogP) is 3.00. The molecule has 52 valence electrons. The van der Waals surface area contributed by atoms with Gasteiger partial charge in [0.2, 0.25) is 0 Å². The minimum Gasteiger partial charge on any atom is -0.0849 e. The van der Waals surface area contributed by atoms with Crippen molar-refractivity contribution in [1.29, 1.82) is 0 Å². The average molecular weight is 124 g/mol. The fourth-order valence-electron chi connectivity index (χ4n) is 0.713. The van der Waals surface area contributed by atoms with Crippen LogP contribution >= 0.6 is 0 Å². The van der Waals surface area contributed by atoms with E-state index >= 15 is 0 Å². The standard InChI is InChI=1S/C9H16/c1-9(2,3)7-6-8-4-5-8/h6-8H,4-5H2,1-3H3. The van der Waals surface area contributed by atoms with E-state index in [-0.39, 0.29) is 0 Å². The summed E-state index contributed by atoms with van der Waals surface area (Å²) in [5, 5.41) is 0. The molecule has 0 N–H and O–H groups in total. The summed E-state index contributed by atoms with van der Waals surface area (Å²) in [5.41, 5.74) is 0.391. The maximum absolute atomic E-state index is 2.36. The van der Waals surface area contributed by atoms with Gasteiger partial charge in [0, 0.05) is 0 Å². The summed E-state index contributed by atoms with van der Waals surface area (Å²) >= 11 is 0. The van der Waals surface area contributed by atoms with Gasteiger partial charge in [-0.05, 0) is 24.2 Å². The molecule has 0 aromatic carbocycles. The van der Waals surface area contributed by atoms with E-state index in [0.29, 0.717) is 5.41 Å². The van der Waals surface area contributed by atoms with E-state index in [2.05, 4.69) is 32.9 Å².